The Hall–Kier alpha value is -2.39. The number of aromatic nitrogens is 2. The maximum Gasteiger partial charge on any atom is 0.0750 e. The minimum absolute atomic E-state index is 0.0226. The monoisotopic (exact) mass is 700 g/mol. The van der Waals surface area contributed by atoms with Crippen molar-refractivity contribution >= 4 is 83.4 Å². The van der Waals surface area contributed by atoms with Gasteiger partial charge in [0.2, 0.25) is 0 Å². The highest BCUT2D eigenvalue weighted by molar-refractivity contribution is 9.08. The molecule has 6 rings (SSSR count). The number of hydrogen-bond donors (Lipinski definition) is 0. The van der Waals surface area contributed by atoms with Gasteiger partial charge in [-0.05, 0) is 58.3 Å². The van der Waals surface area contributed by atoms with Gasteiger partial charge in [-0.1, -0.05) is 147 Å². The Morgan fingerprint density at radius 3 is 1.29 bits per heavy atom. The minimum atomic E-state index is -0.0226. The van der Waals surface area contributed by atoms with Crippen LogP contribution in [0.25, 0.3) is 43.6 Å². The summed E-state index contributed by atoms with van der Waals surface area (Å²) in [6.45, 7) is 11.7. The Labute approximate surface area is 268 Å². The molecule has 0 atom stereocenters. The maximum atomic E-state index is 5.13. The molecule has 0 aliphatic heterocycles. The summed E-state index contributed by atoms with van der Waals surface area (Å²) in [4.78, 5) is 9.99. The lowest BCUT2D eigenvalue weighted by molar-refractivity contribution is 0.996. The van der Waals surface area contributed by atoms with Gasteiger partial charge in [-0.2, -0.15) is 0 Å². The Bertz CT molecular complexity index is 1780. The van der Waals surface area contributed by atoms with Crippen LogP contribution in [0.1, 0.15) is 56.9 Å². The van der Waals surface area contributed by atoms with Gasteiger partial charge in [0.15, 0.2) is 0 Å². The molecule has 0 radical (unpaired) electrons. The third-order valence-corrected chi connectivity index (χ3v) is 12.6. The molecule has 0 saturated carbocycles. The van der Waals surface area contributed by atoms with Gasteiger partial charge < -0.3 is 0 Å². The third kappa shape index (κ3) is 6.57. The zero-order valence-electron chi connectivity index (χ0n) is 25.2. The van der Waals surface area contributed by atoms with E-state index >= 15 is 0 Å². The van der Waals surface area contributed by atoms with E-state index in [1.807, 2.05) is 0 Å². The van der Waals surface area contributed by atoms with E-state index in [1.165, 1.54) is 61.0 Å². The molecule has 4 aromatic carbocycles. The number of halogens is 2. The van der Waals surface area contributed by atoms with Crippen molar-refractivity contribution in [3.05, 3.63) is 107 Å². The second-order valence-electron chi connectivity index (χ2n) is 11.4. The number of hydrogen-bond acceptors (Lipinski definition) is 2. The van der Waals surface area contributed by atoms with Gasteiger partial charge in [-0.3, -0.25) is 0 Å². The first kappa shape index (κ1) is 31.0. The van der Waals surface area contributed by atoms with Crippen molar-refractivity contribution in [2.75, 3.05) is 0 Å². The van der Waals surface area contributed by atoms with E-state index in [2.05, 4.69) is 151 Å². The number of para-hydroxylation sites is 4. The van der Waals surface area contributed by atoms with Crippen LogP contribution >= 0.6 is 39.8 Å². The van der Waals surface area contributed by atoms with Crippen molar-refractivity contribution in [2.24, 2.45) is 0 Å². The summed E-state index contributed by atoms with van der Waals surface area (Å²) in [6, 6.07) is 30.4. The number of fused-ring (bicyclic) bond motifs is 4. The second kappa shape index (κ2) is 13.9. The Morgan fingerprint density at radius 2 is 0.905 bits per heavy atom. The Morgan fingerprint density at radius 1 is 0.548 bits per heavy atom. The standard InChI is InChI=1S/C22H28NP.C15H11Br2N/c1-6-17-9-7-10-18-13-19-11-8-12-20(22(19)23-21(17)18)14-24(15(2)3)16(4)5;16-8-12-5-1-3-10-7-11-4-2-6-13(9-17)15(11)18-14(10)12/h7-13,15-16H,6,14H2,1-5H3;1-7H,8-9H2. The summed E-state index contributed by atoms with van der Waals surface area (Å²) >= 11 is 7.06. The van der Waals surface area contributed by atoms with Crippen LogP contribution in [0.2, 0.25) is 0 Å². The quantitative estimate of drug-likeness (QED) is 0.0940. The fourth-order valence-electron chi connectivity index (χ4n) is 5.80. The van der Waals surface area contributed by atoms with Crippen LogP contribution in [0.5, 0.6) is 0 Å². The predicted octanol–water partition coefficient (Wildman–Crippen LogP) is 11.9. The van der Waals surface area contributed by atoms with Gasteiger partial charge in [-0.25, -0.2) is 9.97 Å². The number of pyridine rings is 2. The van der Waals surface area contributed by atoms with Crippen molar-refractivity contribution < 1.29 is 0 Å². The molecule has 0 bridgehead atoms. The van der Waals surface area contributed by atoms with Gasteiger partial charge in [0.25, 0.3) is 0 Å². The van der Waals surface area contributed by atoms with Crippen LogP contribution in [0.3, 0.4) is 0 Å². The number of nitrogens with zero attached hydrogens (tertiary/aromatic N) is 2. The van der Waals surface area contributed by atoms with Crippen molar-refractivity contribution in [3.63, 3.8) is 0 Å². The molecule has 2 aromatic heterocycles. The van der Waals surface area contributed by atoms with Gasteiger partial charge in [0, 0.05) is 32.2 Å². The number of benzene rings is 4. The minimum Gasteiger partial charge on any atom is -0.247 e. The lowest BCUT2D eigenvalue weighted by atomic mass is 10.0. The average molecular weight is 703 g/mol. The predicted molar refractivity (Wildman–Crippen MR) is 194 cm³/mol. The molecule has 0 spiro atoms. The first-order valence-corrected chi connectivity index (χ1v) is 18.7. The highest BCUT2D eigenvalue weighted by Gasteiger charge is 2.19. The van der Waals surface area contributed by atoms with Gasteiger partial charge in [-0.15, -0.1) is 0 Å². The van der Waals surface area contributed by atoms with Gasteiger partial charge in [0.05, 0.1) is 22.1 Å². The van der Waals surface area contributed by atoms with Crippen molar-refractivity contribution in [2.45, 2.75) is 69.2 Å². The maximum absolute atomic E-state index is 5.13. The second-order valence-corrected chi connectivity index (χ2v) is 15.9. The van der Waals surface area contributed by atoms with Crippen LogP contribution in [0.15, 0.2) is 84.9 Å². The first-order valence-electron chi connectivity index (χ1n) is 14.8. The SMILES string of the molecule is BrCc1cccc2cc3cccc(CBr)c3nc12.CCc1cccc2cc3cccc(CP(C(C)C)C(C)C)c3nc12. The molecule has 0 fully saturated rings. The Balaban J connectivity index is 0.000000175. The van der Waals surface area contributed by atoms with Crippen LogP contribution < -0.4 is 0 Å². The summed E-state index contributed by atoms with van der Waals surface area (Å²) in [5.41, 5.74) is 11.3. The van der Waals surface area contributed by atoms with E-state index in [1.54, 1.807) is 0 Å². The van der Waals surface area contributed by atoms with Crippen molar-refractivity contribution in [1.29, 1.82) is 0 Å². The van der Waals surface area contributed by atoms with Crippen LogP contribution in [0, 0.1) is 0 Å². The van der Waals surface area contributed by atoms with Crippen molar-refractivity contribution in [1.82, 2.24) is 9.97 Å². The molecule has 0 N–H and O–H groups in total. The summed E-state index contributed by atoms with van der Waals surface area (Å²) in [5, 5.41) is 6.60. The topological polar surface area (TPSA) is 25.8 Å². The number of rotatable bonds is 7. The number of alkyl halides is 2. The summed E-state index contributed by atoms with van der Waals surface area (Å²) in [5.74, 6) is 0. The zero-order valence-corrected chi connectivity index (χ0v) is 29.2. The largest absolute Gasteiger partial charge is 0.247 e. The molecule has 0 amide bonds. The smallest absolute Gasteiger partial charge is 0.0750 e. The Kier molecular flexibility index (Phi) is 10.3. The van der Waals surface area contributed by atoms with Crippen LogP contribution in [-0.2, 0) is 23.2 Å². The molecule has 42 heavy (non-hydrogen) atoms. The molecule has 5 heteroatoms. The van der Waals surface area contributed by atoms with Gasteiger partial charge >= 0.3 is 0 Å². The molecule has 216 valence electrons. The fourth-order valence-corrected chi connectivity index (χ4v) is 9.28. The van der Waals surface area contributed by atoms with E-state index < -0.39 is 0 Å². The molecule has 6 aromatic rings. The molecule has 2 heterocycles. The molecule has 2 nitrogen and oxygen atoms in total. The average Bonchev–Trinajstić information content (AvgIpc) is 3.00. The lowest BCUT2D eigenvalue weighted by Gasteiger charge is -2.26. The van der Waals surface area contributed by atoms with Crippen LogP contribution in [-0.4, -0.2) is 21.3 Å². The van der Waals surface area contributed by atoms with E-state index in [0.29, 0.717) is 0 Å². The third-order valence-electron chi connectivity index (χ3n) is 8.02. The molecule has 0 aliphatic carbocycles. The lowest BCUT2D eigenvalue weighted by Crippen LogP contribution is -2.06. The molecule has 0 unspecified atom stereocenters. The highest BCUT2D eigenvalue weighted by Crippen LogP contribution is 2.49. The normalized spacial score (nSPS) is 11.8. The summed E-state index contributed by atoms with van der Waals surface area (Å²) in [7, 11) is -0.0226. The van der Waals surface area contributed by atoms with Crippen LogP contribution in [0.4, 0.5) is 0 Å². The molecule has 0 saturated heterocycles. The molecule has 0 aliphatic rings. The van der Waals surface area contributed by atoms with E-state index in [-0.39, 0.29) is 7.92 Å². The fraction of sp³-hybridized carbons (Fsp3) is 0.297. The highest BCUT2D eigenvalue weighted by atomic mass is 79.9. The van der Waals surface area contributed by atoms with Crippen molar-refractivity contribution in [3.8, 4) is 0 Å². The first-order chi connectivity index (χ1) is 20.3. The summed E-state index contributed by atoms with van der Waals surface area (Å²) < 4.78 is 0. The molecular weight excluding hydrogens is 663 g/mol. The van der Waals surface area contributed by atoms with E-state index in [9.17, 15) is 0 Å². The molecular formula is C37H39Br2N2P. The zero-order chi connectivity index (χ0) is 29.8. The van der Waals surface area contributed by atoms with E-state index in [0.717, 1.165) is 39.4 Å². The van der Waals surface area contributed by atoms with Gasteiger partial charge in [0.1, 0.15) is 0 Å². The van der Waals surface area contributed by atoms with E-state index in [4.69, 9.17) is 9.97 Å². The number of aryl methyl sites for hydroxylation is 1. The summed E-state index contributed by atoms with van der Waals surface area (Å²) in [6.07, 6.45) is 2.21.